The van der Waals surface area contributed by atoms with Crippen LogP contribution in [0.25, 0.3) is 0 Å². The molecule has 7 heteroatoms. The van der Waals surface area contributed by atoms with E-state index in [1.165, 1.54) is 230 Å². The van der Waals surface area contributed by atoms with Crippen LogP contribution < -0.4 is 0 Å². The van der Waals surface area contributed by atoms with Crippen LogP contribution in [0.1, 0.15) is 278 Å². The van der Waals surface area contributed by atoms with Crippen molar-refractivity contribution < 1.29 is 23.5 Å². The molecule has 0 aliphatic carbocycles. The predicted octanol–water partition coefficient (Wildman–Crippen LogP) is 16.6. The van der Waals surface area contributed by atoms with E-state index in [4.69, 9.17) is 9.47 Å². The van der Waals surface area contributed by atoms with E-state index in [1.54, 1.807) is 0 Å². The molecule has 2 unspecified atom stereocenters. The normalized spacial score (nSPS) is 17.0. The van der Waals surface area contributed by atoms with Crippen LogP contribution in [0.4, 0.5) is 0 Å². The van der Waals surface area contributed by atoms with Crippen LogP contribution >= 0.6 is 15.9 Å². The van der Waals surface area contributed by atoms with Gasteiger partial charge in [0.05, 0.1) is 39.4 Å². The first kappa shape index (κ1) is 58.4. The van der Waals surface area contributed by atoms with Crippen molar-refractivity contribution in [2.45, 2.75) is 283 Å². The molecule has 1 fully saturated rings. The Labute approximate surface area is 389 Å². The van der Waals surface area contributed by atoms with Gasteiger partial charge in [-0.2, -0.15) is 0 Å². The lowest BCUT2D eigenvalue weighted by Crippen LogP contribution is -2.63. The van der Waals surface area contributed by atoms with Crippen molar-refractivity contribution in [2.75, 3.05) is 52.5 Å². The standard InChI is InChI=1S/C54H106BrN2O4/c1-4-7-9-11-13-15-17-19-21-23-25-27-29-31-37-43-53(58)60-49-41-35-33-39-45-56-46-48-57(6-3,52(55)51-56)47-40-34-36-42-50-61-54(59)44-38-32-30-28-26-24-22-20-18-16-14-12-10-8-5-2/h52H,4-51H2,1-3H3/q+1. The summed E-state index contributed by atoms with van der Waals surface area (Å²) in [5.74, 6) is 0.0110. The lowest BCUT2D eigenvalue weighted by atomic mass is 10.0. The van der Waals surface area contributed by atoms with Gasteiger partial charge in [0.25, 0.3) is 0 Å². The van der Waals surface area contributed by atoms with Gasteiger partial charge in [-0.15, -0.1) is 0 Å². The molecule has 0 bridgehead atoms. The van der Waals surface area contributed by atoms with Crippen LogP contribution in [0, 0.1) is 0 Å². The molecule has 0 aromatic rings. The van der Waals surface area contributed by atoms with Gasteiger partial charge in [0.2, 0.25) is 0 Å². The predicted molar refractivity (Wildman–Crippen MR) is 268 cm³/mol. The summed E-state index contributed by atoms with van der Waals surface area (Å²) in [7, 11) is 0. The average molecular weight is 927 g/mol. The van der Waals surface area contributed by atoms with Gasteiger partial charge < -0.3 is 14.0 Å². The number of likely N-dealkylation sites (N-methyl/N-ethyl adjacent to an activating group) is 1. The summed E-state index contributed by atoms with van der Waals surface area (Å²) in [5.41, 5.74) is 0. The third-order valence-corrected chi connectivity index (χ3v) is 15.0. The molecule has 1 rings (SSSR count). The highest BCUT2D eigenvalue weighted by Gasteiger charge is 2.38. The van der Waals surface area contributed by atoms with Gasteiger partial charge in [-0.3, -0.25) is 14.5 Å². The van der Waals surface area contributed by atoms with E-state index < -0.39 is 0 Å². The highest BCUT2D eigenvalue weighted by Crippen LogP contribution is 2.26. The molecule has 0 aromatic carbocycles. The number of unbranched alkanes of at least 4 members (excludes halogenated alkanes) is 34. The maximum Gasteiger partial charge on any atom is 0.305 e. The van der Waals surface area contributed by atoms with Gasteiger partial charge in [0, 0.05) is 19.4 Å². The first-order chi connectivity index (χ1) is 30.0. The number of esters is 2. The Morgan fingerprint density at radius 1 is 0.459 bits per heavy atom. The summed E-state index contributed by atoms with van der Waals surface area (Å²) in [6.07, 6.45) is 50.7. The van der Waals surface area contributed by atoms with Crippen LogP contribution in [-0.4, -0.2) is 78.8 Å². The Morgan fingerprint density at radius 3 is 1.15 bits per heavy atom. The molecular formula is C54H106BrN2O4+. The number of quaternary nitrogens is 1. The highest BCUT2D eigenvalue weighted by atomic mass is 79.9. The number of ether oxygens (including phenoxy) is 2. The summed E-state index contributed by atoms with van der Waals surface area (Å²) >= 11 is 4.12. The topological polar surface area (TPSA) is 55.8 Å². The minimum atomic E-state index is 0.00491. The first-order valence-corrected chi connectivity index (χ1v) is 28.4. The third-order valence-electron chi connectivity index (χ3n) is 13.9. The molecule has 0 N–H and O–H groups in total. The highest BCUT2D eigenvalue weighted by molar-refractivity contribution is 9.09. The fraction of sp³-hybridized carbons (Fsp3) is 0.963. The molecule has 61 heavy (non-hydrogen) atoms. The number of hydrogen-bond donors (Lipinski definition) is 0. The molecule has 0 saturated carbocycles. The van der Waals surface area contributed by atoms with Gasteiger partial charge >= 0.3 is 11.9 Å². The lowest BCUT2D eigenvalue weighted by molar-refractivity contribution is -0.938. The number of carbonyl (C=O) groups excluding carboxylic acids is 2. The fourth-order valence-electron chi connectivity index (χ4n) is 9.40. The summed E-state index contributed by atoms with van der Waals surface area (Å²) in [6.45, 7) is 15.2. The van der Waals surface area contributed by atoms with Crippen LogP contribution in [-0.2, 0) is 19.1 Å². The Kier molecular flexibility index (Phi) is 42.6. The molecule has 0 aromatic heterocycles. The van der Waals surface area contributed by atoms with E-state index in [2.05, 4.69) is 41.6 Å². The van der Waals surface area contributed by atoms with Crippen molar-refractivity contribution in [1.29, 1.82) is 0 Å². The largest absolute Gasteiger partial charge is 0.466 e. The summed E-state index contributed by atoms with van der Waals surface area (Å²) in [5, 5.41) is 0. The summed E-state index contributed by atoms with van der Waals surface area (Å²) in [4.78, 5) is 27.5. The maximum atomic E-state index is 12.2. The monoisotopic (exact) mass is 926 g/mol. The van der Waals surface area contributed by atoms with Gasteiger partial charge in [0.15, 0.2) is 4.95 Å². The molecule has 1 heterocycles. The molecule has 0 amide bonds. The zero-order chi connectivity index (χ0) is 44.2. The fourth-order valence-corrected chi connectivity index (χ4v) is 10.5. The van der Waals surface area contributed by atoms with E-state index in [-0.39, 0.29) is 11.9 Å². The van der Waals surface area contributed by atoms with E-state index in [9.17, 15) is 9.59 Å². The molecule has 362 valence electrons. The first-order valence-electron chi connectivity index (χ1n) is 27.5. The SMILES string of the molecule is CCCCCCCCCCCCCCCCCC(=O)OCCCCCCN1CC[N+](CC)(CCCCCCOC(=O)CCCCCCCCCCCCCCCCC)C(Br)C1. The molecule has 1 aliphatic rings. The second-order valence-electron chi connectivity index (χ2n) is 19.4. The zero-order valence-electron chi connectivity index (χ0n) is 41.4. The molecule has 1 aliphatic heterocycles. The molecular weight excluding hydrogens is 821 g/mol. The van der Waals surface area contributed by atoms with E-state index in [0.717, 1.165) is 57.9 Å². The van der Waals surface area contributed by atoms with Gasteiger partial charge in [-0.1, -0.05) is 206 Å². The molecule has 1 saturated heterocycles. The number of carbonyl (C=O) groups is 2. The number of rotatable bonds is 47. The Balaban J connectivity index is 1.91. The smallest absolute Gasteiger partial charge is 0.305 e. The minimum absolute atomic E-state index is 0.00491. The quantitative estimate of drug-likeness (QED) is 0.0200. The van der Waals surface area contributed by atoms with Crippen molar-refractivity contribution in [1.82, 2.24) is 4.90 Å². The second kappa shape index (κ2) is 44.5. The number of halogens is 1. The molecule has 0 spiro atoms. The third kappa shape index (κ3) is 36.3. The van der Waals surface area contributed by atoms with Gasteiger partial charge in [-0.25, -0.2) is 0 Å². The summed E-state index contributed by atoms with van der Waals surface area (Å²) < 4.78 is 12.3. The summed E-state index contributed by atoms with van der Waals surface area (Å²) in [6, 6.07) is 0. The average Bonchev–Trinajstić information content (AvgIpc) is 3.26. The van der Waals surface area contributed by atoms with Crippen LogP contribution in [0.2, 0.25) is 0 Å². The second-order valence-corrected chi connectivity index (χ2v) is 20.4. The van der Waals surface area contributed by atoms with Gasteiger partial charge in [-0.05, 0) is 80.8 Å². The Morgan fingerprint density at radius 2 is 0.787 bits per heavy atom. The molecule has 6 nitrogen and oxygen atoms in total. The molecule has 0 radical (unpaired) electrons. The van der Waals surface area contributed by atoms with Gasteiger partial charge in [0.1, 0.15) is 0 Å². The number of hydrogen-bond acceptors (Lipinski definition) is 5. The number of nitrogens with zero attached hydrogens (tertiary/aromatic N) is 2. The maximum absolute atomic E-state index is 12.2. The van der Waals surface area contributed by atoms with Crippen LogP contribution in [0.5, 0.6) is 0 Å². The zero-order valence-corrected chi connectivity index (χ0v) is 43.0. The Bertz CT molecular complexity index is 952. The number of piperazine rings is 1. The van der Waals surface area contributed by atoms with Crippen LogP contribution in [0.3, 0.4) is 0 Å². The van der Waals surface area contributed by atoms with Crippen LogP contribution in [0.15, 0.2) is 0 Å². The minimum Gasteiger partial charge on any atom is -0.466 e. The number of alkyl halides is 1. The van der Waals surface area contributed by atoms with Crippen molar-refractivity contribution in [3.05, 3.63) is 0 Å². The van der Waals surface area contributed by atoms with E-state index in [0.29, 0.717) is 31.0 Å². The molecule has 2 atom stereocenters. The Hall–Kier alpha value is -0.660. The van der Waals surface area contributed by atoms with Crippen molar-refractivity contribution in [3.63, 3.8) is 0 Å². The lowest BCUT2D eigenvalue weighted by Gasteiger charge is -2.48. The van der Waals surface area contributed by atoms with Crippen molar-refractivity contribution >= 4 is 27.9 Å². The van der Waals surface area contributed by atoms with Crippen molar-refractivity contribution in [3.8, 4) is 0 Å². The van der Waals surface area contributed by atoms with E-state index >= 15 is 0 Å². The van der Waals surface area contributed by atoms with E-state index in [1.807, 2.05) is 0 Å². The van der Waals surface area contributed by atoms with Crippen molar-refractivity contribution in [2.24, 2.45) is 0 Å².